The number of piperidine rings is 1. The van der Waals surface area contributed by atoms with E-state index in [0.717, 1.165) is 10.2 Å². The summed E-state index contributed by atoms with van der Waals surface area (Å²) < 4.78 is 7.62. The number of hydrogen-bond donors (Lipinski definition) is 0. The normalized spacial score (nSPS) is 14.4. The van der Waals surface area contributed by atoms with Crippen LogP contribution in [0.15, 0.2) is 41.1 Å². The summed E-state index contributed by atoms with van der Waals surface area (Å²) in [6, 6.07) is 7.06. The Hall–Kier alpha value is -2.68. The second kappa shape index (κ2) is 9.88. The highest BCUT2D eigenvalue weighted by Crippen LogP contribution is 2.19. The average Bonchev–Trinajstić information content (AvgIpc) is 3.19. The first-order chi connectivity index (χ1) is 14.4. The molecule has 3 rings (SSSR count). The van der Waals surface area contributed by atoms with Gasteiger partial charge in [0.1, 0.15) is 0 Å². The zero-order chi connectivity index (χ0) is 21.7. The van der Waals surface area contributed by atoms with E-state index in [1.165, 1.54) is 4.90 Å². The van der Waals surface area contributed by atoms with Crippen LogP contribution in [0, 0.1) is 5.92 Å². The quantitative estimate of drug-likeness (QED) is 0.597. The van der Waals surface area contributed by atoms with E-state index in [-0.39, 0.29) is 30.2 Å². The van der Waals surface area contributed by atoms with E-state index < -0.39 is 0 Å². The van der Waals surface area contributed by atoms with Gasteiger partial charge in [0, 0.05) is 31.9 Å². The molecule has 1 saturated heterocycles. The SMILES string of the molecule is CCOC(=O)C1CCN(C(=O)CN(C)C(=O)c2ccc(-n3cc(Br)cn3)cc2)CC1. The van der Waals surface area contributed by atoms with Gasteiger partial charge in [0.05, 0.1) is 35.4 Å². The zero-order valence-corrected chi connectivity index (χ0v) is 18.7. The fourth-order valence-electron chi connectivity index (χ4n) is 3.42. The molecule has 1 aliphatic rings. The van der Waals surface area contributed by atoms with Crippen LogP contribution < -0.4 is 0 Å². The highest BCUT2D eigenvalue weighted by Gasteiger charge is 2.29. The topological polar surface area (TPSA) is 84.7 Å². The van der Waals surface area contributed by atoms with Crippen LogP contribution in [-0.2, 0) is 14.3 Å². The molecule has 2 amide bonds. The van der Waals surface area contributed by atoms with E-state index in [1.807, 2.05) is 18.3 Å². The van der Waals surface area contributed by atoms with Gasteiger partial charge in [-0.05, 0) is 60.0 Å². The predicted molar refractivity (Wildman–Crippen MR) is 114 cm³/mol. The van der Waals surface area contributed by atoms with E-state index in [0.29, 0.717) is 38.1 Å². The maximum absolute atomic E-state index is 12.7. The van der Waals surface area contributed by atoms with Crippen molar-refractivity contribution in [1.82, 2.24) is 19.6 Å². The summed E-state index contributed by atoms with van der Waals surface area (Å²) in [7, 11) is 1.62. The van der Waals surface area contributed by atoms with Crippen LogP contribution in [0.25, 0.3) is 5.69 Å². The van der Waals surface area contributed by atoms with E-state index >= 15 is 0 Å². The van der Waals surface area contributed by atoms with Crippen molar-refractivity contribution in [2.45, 2.75) is 19.8 Å². The molecular formula is C21H25BrN4O4. The molecule has 0 aliphatic carbocycles. The number of aromatic nitrogens is 2. The molecule has 2 heterocycles. The van der Waals surface area contributed by atoms with Crippen LogP contribution in [0.2, 0.25) is 0 Å². The highest BCUT2D eigenvalue weighted by atomic mass is 79.9. The summed E-state index contributed by atoms with van der Waals surface area (Å²) in [4.78, 5) is 40.2. The van der Waals surface area contributed by atoms with Crippen LogP contribution in [0.1, 0.15) is 30.1 Å². The van der Waals surface area contributed by atoms with Crippen molar-refractivity contribution < 1.29 is 19.1 Å². The number of halogens is 1. The number of ether oxygens (including phenoxy) is 1. The second-order valence-corrected chi connectivity index (χ2v) is 8.13. The van der Waals surface area contributed by atoms with Gasteiger partial charge in [0.25, 0.3) is 5.91 Å². The Morgan fingerprint density at radius 2 is 1.87 bits per heavy atom. The smallest absolute Gasteiger partial charge is 0.309 e. The lowest BCUT2D eigenvalue weighted by atomic mass is 9.97. The summed E-state index contributed by atoms with van der Waals surface area (Å²) in [6.45, 7) is 3.15. The lowest BCUT2D eigenvalue weighted by Gasteiger charge is -2.32. The van der Waals surface area contributed by atoms with Gasteiger partial charge >= 0.3 is 5.97 Å². The second-order valence-electron chi connectivity index (χ2n) is 7.22. The van der Waals surface area contributed by atoms with Crippen molar-refractivity contribution in [3.05, 3.63) is 46.7 Å². The van der Waals surface area contributed by atoms with E-state index in [9.17, 15) is 14.4 Å². The van der Waals surface area contributed by atoms with Crippen LogP contribution in [0.4, 0.5) is 0 Å². The molecule has 1 aromatic heterocycles. The molecule has 30 heavy (non-hydrogen) atoms. The van der Waals surface area contributed by atoms with Gasteiger partial charge in [0.2, 0.25) is 5.91 Å². The summed E-state index contributed by atoms with van der Waals surface area (Å²) >= 11 is 3.36. The Morgan fingerprint density at radius 3 is 2.43 bits per heavy atom. The van der Waals surface area contributed by atoms with E-state index in [4.69, 9.17) is 4.74 Å². The molecule has 1 aliphatic heterocycles. The fourth-order valence-corrected chi connectivity index (χ4v) is 3.70. The van der Waals surface area contributed by atoms with Crippen LogP contribution in [0.3, 0.4) is 0 Å². The number of nitrogens with zero attached hydrogens (tertiary/aromatic N) is 4. The first-order valence-corrected chi connectivity index (χ1v) is 10.7. The minimum atomic E-state index is -0.224. The lowest BCUT2D eigenvalue weighted by Crippen LogP contribution is -2.45. The van der Waals surface area contributed by atoms with E-state index in [1.54, 1.807) is 41.9 Å². The van der Waals surface area contributed by atoms with Gasteiger partial charge in [0.15, 0.2) is 0 Å². The first-order valence-electron chi connectivity index (χ1n) is 9.89. The standard InChI is InChI=1S/C21H25BrN4O4/c1-3-30-21(29)16-8-10-25(11-9-16)19(27)14-24(2)20(28)15-4-6-18(7-5-15)26-13-17(22)12-23-26/h4-7,12-13,16H,3,8-11,14H2,1-2H3. The molecule has 1 fully saturated rings. The minimum absolute atomic E-state index is 0.00321. The zero-order valence-electron chi connectivity index (χ0n) is 17.1. The molecule has 2 aromatic rings. The molecule has 0 radical (unpaired) electrons. The number of carbonyl (C=O) groups excluding carboxylic acids is 3. The summed E-state index contributed by atoms with van der Waals surface area (Å²) in [5, 5.41) is 4.21. The van der Waals surface area contributed by atoms with Gasteiger partial charge < -0.3 is 14.5 Å². The van der Waals surface area contributed by atoms with E-state index in [2.05, 4.69) is 21.0 Å². The molecule has 0 spiro atoms. The molecule has 0 saturated carbocycles. The Labute approximate surface area is 183 Å². The van der Waals surface area contributed by atoms with Gasteiger partial charge in [-0.3, -0.25) is 14.4 Å². The Bertz CT molecular complexity index is 904. The molecule has 0 atom stereocenters. The molecule has 160 valence electrons. The molecule has 0 unspecified atom stereocenters. The molecule has 0 bridgehead atoms. The summed E-state index contributed by atoms with van der Waals surface area (Å²) in [6.07, 6.45) is 4.70. The number of likely N-dealkylation sites (N-methyl/N-ethyl adjacent to an activating group) is 1. The maximum Gasteiger partial charge on any atom is 0.309 e. The van der Waals surface area contributed by atoms with Gasteiger partial charge in [-0.1, -0.05) is 0 Å². The van der Waals surface area contributed by atoms with Crippen molar-refractivity contribution in [1.29, 1.82) is 0 Å². The monoisotopic (exact) mass is 476 g/mol. The number of rotatable bonds is 6. The Morgan fingerprint density at radius 1 is 1.20 bits per heavy atom. The summed E-state index contributed by atoms with van der Waals surface area (Å²) in [5.41, 5.74) is 1.33. The number of carbonyl (C=O) groups is 3. The predicted octanol–water partition coefficient (Wildman–Crippen LogP) is 2.51. The third kappa shape index (κ3) is 5.27. The number of amides is 2. The van der Waals surface area contributed by atoms with Crippen molar-refractivity contribution in [2.24, 2.45) is 5.92 Å². The van der Waals surface area contributed by atoms with Gasteiger partial charge in [-0.2, -0.15) is 5.10 Å². The molecule has 1 aromatic carbocycles. The third-order valence-corrected chi connectivity index (χ3v) is 5.53. The fraction of sp³-hybridized carbons (Fsp3) is 0.429. The molecule has 8 nitrogen and oxygen atoms in total. The highest BCUT2D eigenvalue weighted by molar-refractivity contribution is 9.10. The van der Waals surface area contributed by atoms with Crippen LogP contribution in [0.5, 0.6) is 0 Å². The Balaban J connectivity index is 1.53. The van der Waals surface area contributed by atoms with Gasteiger partial charge in [-0.25, -0.2) is 4.68 Å². The first kappa shape index (κ1) is 22.0. The average molecular weight is 477 g/mol. The summed E-state index contributed by atoms with van der Waals surface area (Å²) in [5.74, 6) is -0.686. The number of benzene rings is 1. The van der Waals surface area contributed by atoms with Crippen molar-refractivity contribution in [2.75, 3.05) is 33.3 Å². The largest absolute Gasteiger partial charge is 0.466 e. The Kier molecular flexibility index (Phi) is 7.25. The number of hydrogen-bond acceptors (Lipinski definition) is 5. The minimum Gasteiger partial charge on any atom is -0.466 e. The maximum atomic E-state index is 12.7. The van der Waals surface area contributed by atoms with Crippen molar-refractivity contribution in [3.63, 3.8) is 0 Å². The third-order valence-electron chi connectivity index (χ3n) is 5.12. The number of likely N-dealkylation sites (tertiary alicyclic amines) is 1. The number of esters is 1. The van der Waals surface area contributed by atoms with Crippen LogP contribution >= 0.6 is 15.9 Å². The molecule has 0 N–H and O–H groups in total. The lowest BCUT2D eigenvalue weighted by molar-refractivity contribution is -0.151. The molecular weight excluding hydrogens is 452 g/mol. The van der Waals surface area contributed by atoms with Crippen LogP contribution in [-0.4, -0.2) is 70.7 Å². The van der Waals surface area contributed by atoms with Crippen molar-refractivity contribution >= 4 is 33.7 Å². The van der Waals surface area contributed by atoms with Crippen molar-refractivity contribution in [3.8, 4) is 5.69 Å². The van der Waals surface area contributed by atoms with Gasteiger partial charge in [-0.15, -0.1) is 0 Å². The molecule has 9 heteroatoms.